The van der Waals surface area contributed by atoms with Gasteiger partial charge in [0.2, 0.25) is 5.91 Å². The van der Waals surface area contributed by atoms with Gasteiger partial charge in [-0.15, -0.1) is 11.6 Å². The highest BCUT2D eigenvalue weighted by molar-refractivity contribution is 6.18. The first kappa shape index (κ1) is 27.0. The maximum absolute atomic E-state index is 12.9. The molecule has 3 rings (SSSR count). The average Bonchev–Trinajstić information content (AvgIpc) is 3.03. The lowest BCUT2D eigenvalue weighted by molar-refractivity contribution is -0.130. The minimum atomic E-state index is 0.155. The monoisotopic (exact) mass is 504 g/mol. The Kier molecular flexibility index (Phi) is 9.93. The van der Waals surface area contributed by atoms with Gasteiger partial charge in [-0.2, -0.15) is 0 Å². The second kappa shape index (κ2) is 12.9. The van der Waals surface area contributed by atoms with Crippen LogP contribution in [0.15, 0.2) is 30.3 Å². The Morgan fingerprint density at radius 3 is 2.20 bits per heavy atom. The molecule has 1 aliphatic heterocycles. The van der Waals surface area contributed by atoms with Crippen molar-refractivity contribution in [3.8, 4) is 23.0 Å². The molecular formula is C27H37ClN2O5. The molecule has 1 atom stereocenters. The van der Waals surface area contributed by atoms with Crippen LogP contribution in [0.3, 0.4) is 0 Å². The van der Waals surface area contributed by atoms with Gasteiger partial charge in [0.15, 0.2) is 23.0 Å². The number of fused-ring (bicyclic) bond motifs is 1. The van der Waals surface area contributed by atoms with Gasteiger partial charge in [0, 0.05) is 31.4 Å². The molecule has 1 heterocycles. The summed E-state index contributed by atoms with van der Waals surface area (Å²) in [6.45, 7) is 3.13. The maximum Gasteiger partial charge on any atom is 0.227 e. The first-order valence-electron chi connectivity index (χ1n) is 11.9. The smallest absolute Gasteiger partial charge is 0.227 e. The van der Waals surface area contributed by atoms with Crippen LogP contribution in [-0.2, 0) is 17.6 Å². The molecule has 0 fully saturated rings. The first-order chi connectivity index (χ1) is 16.9. The summed E-state index contributed by atoms with van der Waals surface area (Å²) in [5.74, 6) is 3.62. The lowest BCUT2D eigenvalue weighted by Crippen LogP contribution is -2.35. The van der Waals surface area contributed by atoms with E-state index in [2.05, 4.69) is 11.9 Å². The largest absolute Gasteiger partial charge is 0.493 e. The zero-order valence-electron chi connectivity index (χ0n) is 21.4. The average molecular weight is 505 g/mol. The highest BCUT2D eigenvalue weighted by atomic mass is 35.5. The summed E-state index contributed by atoms with van der Waals surface area (Å²) >= 11 is 6.33. The van der Waals surface area contributed by atoms with Crippen LogP contribution >= 0.6 is 11.6 Å². The van der Waals surface area contributed by atoms with Crippen molar-refractivity contribution in [2.75, 3.05) is 67.5 Å². The predicted octanol–water partition coefficient (Wildman–Crippen LogP) is 3.99. The molecule has 35 heavy (non-hydrogen) atoms. The minimum absolute atomic E-state index is 0.155. The normalized spacial score (nSPS) is 14.4. The molecule has 0 spiro atoms. The van der Waals surface area contributed by atoms with Crippen LogP contribution in [0.4, 0.5) is 0 Å². The molecule has 0 saturated heterocycles. The number of alkyl halides is 1. The summed E-state index contributed by atoms with van der Waals surface area (Å²) in [5.41, 5.74) is 3.29. The van der Waals surface area contributed by atoms with Crippen LogP contribution in [0.25, 0.3) is 0 Å². The summed E-state index contributed by atoms with van der Waals surface area (Å²) in [6, 6.07) is 9.89. The number of carbonyl (C=O) groups is 1. The fourth-order valence-electron chi connectivity index (χ4n) is 4.60. The number of rotatable bonds is 12. The standard InChI is InChI=1S/C27H37ClN2O5/c1-29(18-22(17-28)19-7-8-23(32-2)24(13-19)33-3)10-6-11-30-12-9-20-14-25(34-4)26(35-5)15-21(20)16-27(30)31/h7-8,13-15,22H,6,9-12,16-18H2,1-5H3/t22-/m1/s1. The number of amides is 1. The molecule has 7 nitrogen and oxygen atoms in total. The number of ether oxygens (including phenoxy) is 4. The second-order valence-corrected chi connectivity index (χ2v) is 9.17. The third-order valence-electron chi connectivity index (χ3n) is 6.62. The molecule has 0 unspecified atom stereocenters. The van der Waals surface area contributed by atoms with E-state index in [1.165, 1.54) is 0 Å². The van der Waals surface area contributed by atoms with Gasteiger partial charge in [-0.25, -0.2) is 0 Å². The quantitative estimate of drug-likeness (QED) is 0.407. The third kappa shape index (κ3) is 6.73. The van der Waals surface area contributed by atoms with Crippen molar-refractivity contribution < 1.29 is 23.7 Å². The number of nitrogens with zero attached hydrogens (tertiary/aromatic N) is 2. The SMILES string of the molecule is COc1ccc([C@H](CCl)CN(C)CCCN2CCc3cc(OC)c(OC)cc3CC2=O)cc1OC. The highest BCUT2D eigenvalue weighted by Crippen LogP contribution is 2.33. The van der Waals surface area contributed by atoms with Crippen LogP contribution in [0.2, 0.25) is 0 Å². The van der Waals surface area contributed by atoms with Crippen molar-refractivity contribution in [3.05, 3.63) is 47.0 Å². The summed E-state index contributed by atoms with van der Waals surface area (Å²) in [6.07, 6.45) is 2.09. The van der Waals surface area contributed by atoms with Gasteiger partial charge in [0.1, 0.15) is 0 Å². The molecule has 0 bridgehead atoms. The number of benzene rings is 2. The lowest BCUT2D eigenvalue weighted by atomic mass is 10.00. The number of carbonyl (C=O) groups excluding carboxylic acids is 1. The van der Waals surface area contributed by atoms with Gasteiger partial charge in [-0.1, -0.05) is 6.07 Å². The molecule has 8 heteroatoms. The van der Waals surface area contributed by atoms with Crippen LogP contribution in [0.1, 0.15) is 29.0 Å². The molecule has 0 saturated carbocycles. The molecular weight excluding hydrogens is 468 g/mol. The van der Waals surface area contributed by atoms with Crippen molar-refractivity contribution in [2.45, 2.75) is 25.2 Å². The number of likely N-dealkylation sites (N-methyl/N-ethyl adjacent to an activating group) is 1. The fraction of sp³-hybridized carbons (Fsp3) is 0.519. The van der Waals surface area contributed by atoms with E-state index in [1.807, 2.05) is 35.2 Å². The summed E-state index contributed by atoms with van der Waals surface area (Å²) in [7, 11) is 8.62. The Hall–Kier alpha value is -2.64. The predicted molar refractivity (Wildman–Crippen MR) is 139 cm³/mol. The van der Waals surface area contributed by atoms with Crippen LogP contribution in [-0.4, -0.2) is 83.3 Å². The molecule has 0 radical (unpaired) electrons. The fourth-order valence-corrected chi connectivity index (χ4v) is 4.88. The van der Waals surface area contributed by atoms with Crippen molar-refractivity contribution in [3.63, 3.8) is 0 Å². The van der Waals surface area contributed by atoms with Crippen LogP contribution < -0.4 is 18.9 Å². The van der Waals surface area contributed by atoms with E-state index in [1.54, 1.807) is 28.4 Å². The van der Waals surface area contributed by atoms with E-state index in [9.17, 15) is 4.79 Å². The van der Waals surface area contributed by atoms with Crippen molar-refractivity contribution >= 4 is 17.5 Å². The molecule has 0 aliphatic carbocycles. The minimum Gasteiger partial charge on any atom is -0.493 e. The van der Waals surface area contributed by atoms with E-state index in [0.29, 0.717) is 41.8 Å². The van der Waals surface area contributed by atoms with Gasteiger partial charge in [0.05, 0.1) is 34.9 Å². The second-order valence-electron chi connectivity index (χ2n) is 8.86. The van der Waals surface area contributed by atoms with Gasteiger partial charge in [0.25, 0.3) is 0 Å². The maximum atomic E-state index is 12.9. The van der Waals surface area contributed by atoms with Crippen molar-refractivity contribution in [1.29, 1.82) is 0 Å². The van der Waals surface area contributed by atoms with Gasteiger partial charge >= 0.3 is 0 Å². The van der Waals surface area contributed by atoms with Gasteiger partial charge < -0.3 is 28.7 Å². The summed E-state index contributed by atoms with van der Waals surface area (Å²) in [5, 5.41) is 0. The molecule has 0 N–H and O–H groups in total. The van der Waals surface area contributed by atoms with Crippen LogP contribution in [0, 0.1) is 0 Å². The van der Waals surface area contributed by atoms with E-state index >= 15 is 0 Å². The zero-order chi connectivity index (χ0) is 25.4. The Morgan fingerprint density at radius 2 is 1.57 bits per heavy atom. The van der Waals surface area contributed by atoms with E-state index in [0.717, 1.165) is 49.2 Å². The Bertz CT molecular complexity index is 1000. The van der Waals surface area contributed by atoms with E-state index in [4.69, 9.17) is 30.5 Å². The van der Waals surface area contributed by atoms with Crippen molar-refractivity contribution in [2.24, 2.45) is 0 Å². The summed E-state index contributed by atoms with van der Waals surface area (Å²) in [4.78, 5) is 17.2. The topological polar surface area (TPSA) is 60.5 Å². The highest BCUT2D eigenvalue weighted by Gasteiger charge is 2.23. The Balaban J connectivity index is 1.54. The molecule has 2 aromatic carbocycles. The van der Waals surface area contributed by atoms with Crippen molar-refractivity contribution in [1.82, 2.24) is 9.80 Å². The zero-order valence-corrected chi connectivity index (χ0v) is 22.2. The Morgan fingerprint density at radius 1 is 0.943 bits per heavy atom. The number of halogens is 1. The molecule has 1 aliphatic rings. The van der Waals surface area contributed by atoms with E-state index in [-0.39, 0.29) is 11.8 Å². The van der Waals surface area contributed by atoms with Gasteiger partial charge in [-0.3, -0.25) is 4.79 Å². The lowest BCUT2D eigenvalue weighted by Gasteiger charge is -2.25. The van der Waals surface area contributed by atoms with E-state index < -0.39 is 0 Å². The molecule has 0 aromatic heterocycles. The Labute approximate surface area is 213 Å². The van der Waals surface area contributed by atoms with Gasteiger partial charge in [-0.05, 0) is 67.4 Å². The molecule has 1 amide bonds. The molecule has 192 valence electrons. The summed E-state index contributed by atoms with van der Waals surface area (Å²) < 4.78 is 21.6. The third-order valence-corrected chi connectivity index (χ3v) is 6.99. The first-order valence-corrected chi connectivity index (χ1v) is 12.4. The van der Waals surface area contributed by atoms with Crippen LogP contribution in [0.5, 0.6) is 23.0 Å². The number of methoxy groups -OCH3 is 4. The number of hydrogen-bond donors (Lipinski definition) is 0. The number of hydrogen-bond acceptors (Lipinski definition) is 6. The molecule has 2 aromatic rings.